The van der Waals surface area contributed by atoms with Crippen LogP contribution >= 0.6 is 11.8 Å². The highest BCUT2D eigenvalue weighted by molar-refractivity contribution is 7.99. The van der Waals surface area contributed by atoms with Gasteiger partial charge in [-0.15, -0.1) is 10.2 Å². The zero-order valence-corrected chi connectivity index (χ0v) is 18.6. The molecule has 2 amide bonds. The van der Waals surface area contributed by atoms with Crippen molar-refractivity contribution in [2.24, 2.45) is 0 Å². The van der Waals surface area contributed by atoms with Gasteiger partial charge in [0.05, 0.1) is 5.75 Å². The van der Waals surface area contributed by atoms with Crippen molar-refractivity contribution in [3.05, 3.63) is 83.4 Å². The van der Waals surface area contributed by atoms with Crippen molar-refractivity contribution in [2.45, 2.75) is 18.4 Å². The number of nitrogens with zero attached hydrogens (tertiary/aromatic N) is 4. The second-order valence-corrected chi connectivity index (χ2v) is 8.27. The number of carbonyl (C=O) groups is 2. The molecule has 2 heterocycles. The normalized spacial score (nSPS) is 10.8. The average molecular weight is 465 g/mol. The minimum atomic E-state index is -0.395. The highest BCUT2D eigenvalue weighted by atomic mass is 32.2. The summed E-state index contributed by atoms with van der Waals surface area (Å²) >= 11 is 1.31. The third-order valence-electron chi connectivity index (χ3n) is 4.73. The molecule has 0 fully saturated rings. The molecule has 0 aliphatic heterocycles. The predicted molar refractivity (Wildman–Crippen MR) is 124 cm³/mol. The van der Waals surface area contributed by atoms with Crippen LogP contribution in [0.2, 0.25) is 0 Å². The van der Waals surface area contributed by atoms with E-state index in [1.165, 1.54) is 36.0 Å². The Morgan fingerprint density at radius 3 is 2.52 bits per heavy atom. The van der Waals surface area contributed by atoms with Gasteiger partial charge >= 0.3 is 0 Å². The summed E-state index contributed by atoms with van der Waals surface area (Å²) in [6, 6.07) is 16.5. The average Bonchev–Trinajstić information content (AvgIpc) is 3.22. The molecule has 4 rings (SSSR count). The molecule has 2 aromatic heterocycles. The number of rotatable bonds is 8. The summed E-state index contributed by atoms with van der Waals surface area (Å²) in [5.41, 5.74) is 2.82. The number of carbonyl (C=O) groups excluding carboxylic acids is 2. The van der Waals surface area contributed by atoms with Crippen LogP contribution < -0.4 is 10.6 Å². The van der Waals surface area contributed by atoms with Crippen molar-refractivity contribution in [3.63, 3.8) is 0 Å². The van der Waals surface area contributed by atoms with Crippen molar-refractivity contribution in [1.82, 2.24) is 25.1 Å². The molecule has 0 radical (unpaired) electrons. The maximum Gasteiger partial charge on any atom is 0.251 e. The van der Waals surface area contributed by atoms with Crippen LogP contribution in [0, 0.1) is 12.7 Å². The van der Waals surface area contributed by atoms with Crippen LogP contribution in [0.4, 0.5) is 10.1 Å². The minimum absolute atomic E-state index is 0.127. The van der Waals surface area contributed by atoms with E-state index in [0.717, 1.165) is 11.3 Å². The van der Waals surface area contributed by atoms with E-state index >= 15 is 0 Å². The number of aryl methyl sites for hydroxylation is 1. The molecule has 0 bridgehead atoms. The van der Waals surface area contributed by atoms with E-state index in [-0.39, 0.29) is 17.6 Å². The molecule has 0 unspecified atom stereocenters. The fourth-order valence-corrected chi connectivity index (χ4v) is 3.67. The first-order valence-corrected chi connectivity index (χ1v) is 11.2. The first-order chi connectivity index (χ1) is 16.0. The molecule has 168 valence electrons. The maximum absolute atomic E-state index is 13.0. The SMILES string of the molecule is Cc1ccc(NC(=O)CSc2ccc3nnc(CCNC(=O)c4ccc(F)cc4)n3n2)cc1. The van der Waals surface area contributed by atoms with Crippen LogP contribution in [0.25, 0.3) is 5.65 Å². The van der Waals surface area contributed by atoms with E-state index in [4.69, 9.17) is 0 Å². The molecule has 0 saturated carbocycles. The highest BCUT2D eigenvalue weighted by Crippen LogP contribution is 2.17. The zero-order chi connectivity index (χ0) is 23.2. The molecule has 0 aliphatic rings. The molecule has 2 N–H and O–H groups in total. The van der Waals surface area contributed by atoms with Gasteiger partial charge in [0.25, 0.3) is 5.91 Å². The number of benzene rings is 2. The van der Waals surface area contributed by atoms with Crippen molar-refractivity contribution >= 4 is 34.9 Å². The van der Waals surface area contributed by atoms with Gasteiger partial charge in [0.2, 0.25) is 5.91 Å². The Morgan fingerprint density at radius 2 is 1.76 bits per heavy atom. The van der Waals surface area contributed by atoms with E-state index in [1.54, 1.807) is 16.6 Å². The van der Waals surface area contributed by atoms with Crippen molar-refractivity contribution in [3.8, 4) is 0 Å². The van der Waals surface area contributed by atoms with E-state index in [1.807, 2.05) is 31.2 Å². The van der Waals surface area contributed by atoms with E-state index in [0.29, 0.717) is 35.0 Å². The van der Waals surface area contributed by atoms with Crippen LogP contribution in [-0.4, -0.2) is 43.9 Å². The lowest BCUT2D eigenvalue weighted by Crippen LogP contribution is -2.26. The number of aromatic nitrogens is 4. The Balaban J connectivity index is 1.32. The van der Waals surface area contributed by atoms with Gasteiger partial charge in [0.15, 0.2) is 11.5 Å². The standard InChI is InChI=1S/C23H21FN6O2S/c1-15-2-8-18(9-3-15)26-21(31)14-33-22-11-10-19-27-28-20(30(19)29-22)12-13-25-23(32)16-4-6-17(24)7-5-16/h2-11H,12-14H2,1H3,(H,25,32)(H,26,31). The zero-order valence-electron chi connectivity index (χ0n) is 17.8. The molecule has 10 heteroatoms. The van der Waals surface area contributed by atoms with Crippen molar-refractivity contribution < 1.29 is 14.0 Å². The first-order valence-electron chi connectivity index (χ1n) is 10.2. The van der Waals surface area contributed by atoms with Crippen molar-refractivity contribution in [2.75, 3.05) is 17.6 Å². The number of thioether (sulfide) groups is 1. The number of amides is 2. The van der Waals surface area contributed by atoms with Crippen LogP contribution in [0.3, 0.4) is 0 Å². The van der Waals surface area contributed by atoms with Gasteiger partial charge in [-0.1, -0.05) is 29.5 Å². The fourth-order valence-electron chi connectivity index (χ4n) is 3.01. The van der Waals surface area contributed by atoms with Crippen LogP contribution in [0.1, 0.15) is 21.7 Å². The Morgan fingerprint density at radius 1 is 1.00 bits per heavy atom. The van der Waals surface area contributed by atoms with Crippen LogP contribution in [-0.2, 0) is 11.2 Å². The van der Waals surface area contributed by atoms with Gasteiger partial charge in [0.1, 0.15) is 10.8 Å². The Labute approximate surface area is 193 Å². The maximum atomic E-state index is 13.0. The minimum Gasteiger partial charge on any atom is -0.352 e. The lowest BCUT2D eigenvalue weighted by atomic mass is 10.2. The van der Waals surface area contributed by atoms with E-state index in [2.05, 4.69) is 25.9 Å². The van der Waals surface area contributed by atoms with Gasteiger partial charge in [-0.2, -0.15) is 9.61 Å². The summed E-state index contributed by atoms with van der Waals surface area (Å²) in [7, 11) is 0. The second kappa shape index (κ2) is 10.2. The number of fused-ring (bicyclic) bond motifs is 1. The van der Waals surface area contributed by atoms with Gasteiger partial charge < -0.3 is 10.6 Å². The Kier molecular flexibility index (Phi) is 6.94. The summed E-state index contributed by atoms with van der Waals surface area (Å²) in [6.07, 6.45) is 0.406. The molecular formula is C23H21FN6O2S. The summed E-state index contributed by atoms with van der Waals surface area (Å²) in [6.45, 7) is 2.30. The van der Waals surface area contributed by atoms with Gasteiger partial charge in [-0.3, -0.25) is 9.59 Å². The first kappa shape index (κ1) is 22.4. The summed E-state index contributed by atoms with van der Waals surface area (Å²) < 4.78 is 14.6. The topological polar surface area (TPSA) is 101 Å². The van der Waals surface area contributed by atoms with Crippen LogP contribution in [0.15, 0.2) is 65.7 Å². The number of halogens is 1. The number of anilines is 1. The quantitative estimate of drug-likeness (QED) is 0.388. The van der Waals surface area contributed by atoms with Crippen LogP contribution in [0.5, 0.6) is 0 Å². The summed E-state index contributed by atoms with van der Waals surface area (Å²) in [5, 5.41) is 19.0. The molecule has 8 nitrogen and oxygen atoms in total. The van der Waals surface area contributed by atoms with Gasteiger partial charge in [-0.05, 0) is 55.5 Å². The lowest BCUT2D eigenvalue weighted by molar-refractivity contribution is -0.113. The number of hydrogen-bond acceptors (Lipinski definition) is 6. The molecule has 0 spiro atoms. The lowest BCUT2D eigenvalue weighted by Gasteiger charge is -2.06. The third kappa shape index (κ3) is 5.92. The summed E-state index contributed by atoms with van der Waals surface area (Å²) in [5.74, 6) is -0.0342. The predicted octanol–water partition coefficient (Wildman–Crippen LogP) is 3.28. The molecule has 4 aromatic rings. The third-order valence-corrected chi connectivity index (χ3v) is 5.65. The molecule has 2 aromatic carbocycles. The molecular weight excluding hydrogens is 443 g/mol. The Hall–Kier alpha value is -3.79. The largest absolute Gasteiger partial charge is 0.352 e. The molecule has 0 atom stereocenters. The van der Waals surface area contributed by atoms with Gasteiger partial charge in [-0.25, -0.2) is 4.39 Å². The van der Waals surface area contributed by atoms with Gasteiger partial charge in [0, 0.05) is 24.2 Å². The van der Waals surface area contributed by atoms with E-state index < -0.39 is 5.82 Å². The van der Waals surface area contributed by atoms with E-state index in [9.17, 15) is 14.0 Å². The highest BCUT2D eigenvalue weighted by Gasteiger charge is 2.11. The number of nitrogens with one attached hydrogen (secondary N) is 2. The Bertz CT molecular complexity index is 1270. The fraction of sp³-hybridized carbons (Fsp3) is 0.174. The molecule has 0 aliphatic carbocycles. The monoisotopic (exact) mass is 464 g/mol. The summed E-state index contributed by atoms with van der Waals surface area (Å²) in [4.78, 5) is 24.4. The molecule has 33 heavy (non-hydrogen) atoms. The molecule has 0 saturated heterocycles. The number of hydrogen-bond donors (Lipinski definition) is 2. The second-order valence-electron chi connectivity index (χ2n) is 7.27. The van der Waals surface area contributed by atoms with Crippen molar-refractivity contribution in [1.29, 1.82) is 0 Å². The smallest absolute Gasteiger partial charge is 0.251 e.